The number of esters is 1. The van der Waals surface area contributed by atoms with Crippen molar-refractivity contribution in [1.29, 1.82) is 0 Å². The summed E-state index contributed by atoms with van der Waals surface area (Å²) in [4.78, 5) is 26.7. The van der Waals surface area contributed by atoms with Gasteiger partial charge in [-0.3, -0.25) is 4.79 Å². The van der Waals surface area contributed by atoms with Crippen LogP contribution in [0.4, 0.5) is 5.69 Å². The minimum absolute atomic E-state index is 0.412. The second-order valence-electron chi connectivity index (χ2n) is 8.07. The first kappa shape index (κ1) is 23.8. The molecule has 1 atom stereocenters. The smallest absolute Gasteiger partial charge is 0.341 e. The molecule has 0 saturated carbocycles. The van der Waals surface area contributed by atoms with Crippen LogP contribution >= 0.6 is 0 Å². The summed E-state index contributed by atoms with van der Waals surface area (Å²) in [5.74, 6) is -0.483. The molecule has 1 amide bonds. The van der Waals surface area contributed by atoms with Crippen molar-refractivity contribution in [2.45, 2.75) is 26.9 Å². The Labute approximate surface area is 205 Å². The SMILES string of the molecule is CCOc1ccccc1NC(=O)C(OC(=O)c1cc(C)n(-c2ccccc2)c1C)c1ccccc1. The molecular formula is C29H28N2O4. The van der Waals surface area contributed by atoms with E-state index in [-0.39, 0.29) is 0 Å². The molecule has 0 spiro atoms. The Bertz CT molecular complexity index is 1310. The number of anilines is 1. The summed E-state index contributed by atoms with van der Waals surface area (Å²) in [6, 6.07) is 27.7. The number of aromatic nitrogens is 1. The van der Waals surface area contributed by atoms with Crippen LogP contribution in [0, 0.1) is 13.8 Å². The number of rotatable bonds is 8. The number of nitrogens with zero attached hydrogens (tertiary/aromatic N) is 1. The van der Waals surface area contributed by atoms with E-state index >= 15 is 0 Å². The molecule has 0 aliphatic carbocycles. The summed E-state index contributed by atoms with van der Waals surface area (Å²) in [6.07, 6.45) is -1.14. The minimum atomic E-state index is -1.14. The van der Waals surface area contributed by atoms with Gasteiger partial charge in [0.1, 0.15) is 5.75 Å². The molecule has 1 N–H and O–H groups in total. The third-order valence-corrected chi connectivity index (χ3v) is 5.68. The van der Waals surface area contributed by atoms with Gasteiger partial charge in [0.25, 0.3) is 5.91 Å². The summed E-state index contributed by atoms with van der Waals surface area (Å²) < 4.78 is 13.5. The maximum absolute atomic E-state index is 13.4. The highest BCUT2D eigenvalue weighted by Crippen LogP contribution is 2.28. The Morgan fingerprint density at radius 2 is 1.51 bits per heavy atom. The normalized spacial score (nSPS) is 11.5. The topological polar surface area (TPSA) is 69.6 Å². The second kappa shape index (κ2) is 10.7. The highest BCUT2D eigenvalue weighted by molar-refractivity contribution is 5.99. The van der Waals surface area contributed by atoms with E-state index in [0.29, 0.717) is 29.2 Å². The Balaban J connectivity index is 1.63. The van der Waals surface area contributed by atoms with E-state index in [1.807, 2.05) is 67.8 Å². The van der Waals surface area contributed by atoms with Crippen molar-refractivity contribution < 1.29 is 19.1 Å². The molecule has 0 aliphatic heterocycles. The molecule has 1 heterocycles. The van der Waals surface area contributed by atoms with Gasteiger partial charge in [-0.05, 0) is 51.1 Å². The Morgan fingerprint density at radius 1 is 0.886 bits per heavy atom. The summed E-state index contributed by atoms with van der Waals surface area (Å²) in [6.45, 7) is 6.13. The molecule has 3 aromatic carbocycles. The predicted molar refractivity (Wildman–Crippen MR) is 136 cm³/mol. The molecule has 35 heavy (non-hydrogen) atoms. The summed E-state index contributed by atoms with van der Waals surface area (Å²) in [7, 11) is 0. The number of hydrogen-bond acceptors (Lipinski definition) is 4. The Morgan fingerprint density at radius 3 is 2.20 bits per heavy atom. The molecular weight excluding hydrogens is 440 g/mol. The lowest BCUT2D eigenvalue weighted by Gasteiger charge is -2.19. The van der Waals surface area contributed by atoms with Crippen LogP contribution in [0.1, 0.15) is 40.3 Å². The zero-order valence-corrected chi connectivity index (χ0v) is 20.0. The van der Waals surface area contributed by atoms with Crippen LogP contribution in [-0.4, -0.2) is 23.1 Å². The lowest BCUT2D eigenvalue weighted by molar-refractivity contribution is -0.125. The highest BCUT2D eigenvalue weighted by atomic mass is 16.5. The molecule has 1 aromatic heterocycles. The molecule has 0 bridgehead atoms. The maximum Gasteiger partial charge on any atom is 0.341 e. The van der Waals surface area contributed by atoms with Gasteiger partial charge in [-0.2, -0.15) is 0 Å². The molecule has 6 heteroatoms. The van der Waals surface area contributed by atoms with E-state index in [4.69, 9.17) is 9.47 Å². The molecule has 0 aliphatic rings. The van der Waals surface area contributed by atoms with E-state index in [1.54, 1.807) is 48.5 Å². The van der Waals surface area contributed by atoms with Crippen molar-refractivity contribution in [3.8, 4) is 11.4 Å². The maximum atomic E-state index is 13.4. The predicted octanol–water partition coefficient (Wildman–Crippen LogP) is 6.03. The first-order valence-electron chi connectivity index (χ1n) is 11.5. The van der Waals surface area contributed by atoms with Gasteiger partial charge < -0.3 is 19.4 Å². The largest absolute Gasteiger partial charge is 0.492 e. The van der Waals surface area contributed by atoms with Gasteiger partial charge in [-0.25, -0.2) is 4.79 Å². The van der Waals surface area contributed by atoms with Crippen molar-refractivity contribution in [2.75, 3.05) is 11.9 Å². The van der Waals surface area contributed by atoms with Crippen LogP contribution in [-0.2, 0) is 9.53 Å². The fraction of sp³-hybridized carbons (Fsp3) is 0.172. The molecule has 0 saturated heterocycles. The lowest BCUT2D eigenvalue weighted by atomic mass is 10.1. The number of amides is 1. The lowest BCUT2D eigenvalue weighted by Crippen LogP contribution is -2.26. The number of nitrogens with one attached hydrogen (secondary N) is 1. The van der Waals surface area contributed by atoms with Crippen LogP contribution < -0.4 is 10.1 Å². The van der Waals surface area contributed by atoms with E-state index in [1.165, 1.54) is 0 Å². The third-order valence-electron chi connectivity index (χ3n) is 5.68. The van der Waals surface area contributed by atoms with Crippen molar-refractivity contribution in [3.63, 3.8) is 0 Å². The molecule has 0 fully saturated rings. The van der Waals surface area contributed by atoms with E-state index in [0.717, 1.165) is 17.1 Å². The molecule has 6 nitrogen and oxygen atoms in total. The monoisotopic (exact) mass is 468 g/mol. The van der Waals surface area contributed by atoms with Crippen LogP contribution in [0.3, 0.4) is 0 Å². The summed E-state index contributed by atoms with van der Waals surface area (Å²) in [5.41, 5.74) is 4.09. The molecule has 4 aromatic rings. The van der Waals surface area contributed by atoms with Gasteiger partial charge >= 0.3 is 5.97 Å². The third kappa shape index (κ3) is 5.27. The van der Waals surface area contributed by atoms with Gasteiger partial charge in [0.15, 0.2) is 0 Å². The standard InChI is InChI=1S/C29H28N2O4/c1-4-34-26-18-12-11-17-25(26)30-28(32)27(22-13-7-5-8-14-22)35-29(33)24-19-20(2)31(21(24)3)23-15-9-6-10-16-23/h5-19,27H,4H2,1-3H3,(H,30,32). The zero-order valence-electron chi connectivity index (χ0n) is 20.0. The molecule has 1 unspecified atom stereocenters. The Hall–Kier alpha value is -4.32. The Kier molecular flexibility index (Phi) is 7.31. The first-order chi connectivity index (χ1) is 17.0. The van der Waals surface area contributed by atoms with Crippen molar-refractivity contribution >= 4 is 17.6 Å². The fourth-order valence-electron chi connectivity index (χ4n) is 4.06. The van der Waals surface area contributed by atoms with Crippen LogP contribution in [0.15, 0.2) is 91.0 Å². The molecule has 4 rings (SSSR count). The second-order valence-corrected chi connectivity index (χ2v) is 8.07. The van der Waals surface area contributed by atoms with E-state index < -0.39 is 18.0 Å². The van der Waals surface area contributed by atoms with Gasteiger partial charge in [0.2, 0.25) is 6.10 Å². The zero-order chi connectivity index (χ0) is 24.8. The average molecular weight is 469 g/mol. The first-order valence-corrected chi connectivity index (χ1v) is 11.5. The number of ether oxygens (including phenoxy) is 2. The van der Waals surface area contributed by atoms with E-state index in [9.17, 15) is 9.59 Å². The number of carbonyl (C=O) groups excluding carboxylic acids is 2. The van der Waals surface area contributed by atoms with Crippen LogP contribution in [0.25, 0.3) is 5.69 Å². The summed E-state index contributed by atoms with van der Waals surface area (Å²) in [5, 5.41) is 2.86. The quantitative estimate of drug-likeness (QED) is 0.321. The van der Waals surface area contributed by atoms with Crippen molar-refractivity contribution in [2.24, 2.45) is 0 Å². The highest BCUT2D eigenvalue weighted by Gasteiger charge is 2.28. The van der Waals surface area contributed by atoms with Crippen molar-refractivity contribution in [3.05, 3.63) is 114 Å². The van der Waals surface area contributed by atoms with Gasteiger partial charge in [0, 0.05) is 22.6 Å². The van der Waals surface area contributed by atoms with E-state index in [2.05, 4.69) is 5.32 Å². The molecule has 178 valence electrons. The van der Waals surface area contributed by atoms with Gasteiger partial charge in [0.05, 0.1) is 17.9 Å². The fourth-order valence-corrected chi connectivity index (χ4v) is 4.06. The number of carbonyl (C=O) groups is 2. The number of hydrogen-bond donors (Lipinski definition) is 1. The number of para-hydroxylation sites is 3. The van der Waals surface area contributed by atoms with Crippen LogP contribution in [0.2, 0.25) is 0 Å². The van der Waals surface area contributed by atoms with Crippen LogP contribution in [0.5, 0.6) is 5.75 Å². The average Bonchev–Trinajstić information content (AvgIpc) is 3.18. The molecule has 0 radical (unpaired) electrons. The van der Waals surface area contributed by atoms with Gasteiger partial charge in [-0.1, -0.05) is 60.7 Å². The summed E-state index contributed by atoms with van der Waals surface area (Å²) >= 11 is 0. The number of aryl methyl sites for hydroxylation is 1. The minimum Gasteiger partial charge on any atom is -0.492 e. The van der Waals surface area contributed by atoms with Gasteiger partial charge in [-0.15, -0.1) is 0 Å². The number of benzene rings is 3. The van der Waals surface area contributed by atoms with Crippen molar-refractivity contribution in [1.82, 2.24) is 4.57 Å².